The molecule has 0 N–H and O–H groups in total. The molecule has 2 rings (SSSR count). The maximum Gasteiger partial charge on any atom is 0.273 e. The highest BCUT2D eigenvalue weighted by molar-refractivity contribution is 9.10. The predicted molar refractivity (Wildman–Crippen MR) is 77.0 cm³/mol. The van der Waals surface area contributed by atoms with Gasteiger partial charge < -0.3 is 4.74 Å². The minimum atomic E-state index is -0.546. The van der Waals surface area contributed by atoms with E-state index in [1.165, 1.54) is 18.2 Å². The van der Waals surface area contributed by atoms with Gasteiger partial charge in [0.15, 0.2) is 5.75 Å². The topological polar surface area (TPSA) is 76.2 Å². The van der Waals surface area contributed by atoms with Gasteiger partial charge in [-0.15, -0.1) is 0 Å². The van der Waals surface area contributed by atoms with Gasteiger partial charge in [-0.25, -0.2) is 0 Å². The zero-order chi connectivity index (χ0) is 14.7. The number of non-ortho nitro benzene ring substituents is 1. The number of nitriles is 1. The van der Waals surface area contributed by atoms with E-state index in [1.54, 1.807) is 18.2 Å². The number of nitrogens with zero attached hydrogens (tertiary/aromatic N) is 2. The van der Waals surface area contributed by atoms with Gasteiger partial charge >= 0.3 is 0 Å². The lowest BCUT2D eigenvalue weighted by molar-refractivity contribution is -0.384. The van der Waals surface area contributed by atoms with E-state index >= 15 is 0 Å². The molecule has 0 atom stereocenters. The Balaban J connectivity index is 2.42. The largest absolute Gasteiger partial charge is 0.454 e. The van der Waals surface area contributed by atoms with E-state index in [-0.39, 0.29) is 22.2 Å². The Bertz CT molecular complexity index is 728. The molecule has 0 radical (unpaired) electrons. The van der Waals surface area contributed by atoms with Crippen LogP contribution in [0.1, 0.15) is 5.56 Å². The zero-order valence-corrected chi connectivity index (χ0v) is 12.2. The van der Waals surface area contributed by atoms with Crippen LogP contribution >= 0.6 is 27.5 Å². The second-order valence-corrected chi connectivity index (χ2v) is 5.05. The van der Waals surface area contributed by atoms with Crippen LogP contribution in [0.5, 0.6) is 11.5 Å². The molecule has 0 heterocycles. The van der Waals surface area contributed by atoms with Crippen molar-refractivity contribution < 1.29 is 9.66 Å². The van der Waals surface area contributed by atoms with E-state index in [1.807, 2.05) is 6.07 Å². The average Bonchev–Trinajstić information content (AvgIpc) is 2.42. The molecule has 0 unspecified atom stereocenters. The summed E-state index contributed by atoms with van der Waals surface area (Å²) in [4.78, 5) is 10.2. The van der Waals surface area contributed by atoms with Crippen LogP contribution in [0.15, 0.2) is 40.9 Å². The molecule has 0 amide bonds. The summed E-state index contributed by atoms with van der Waals surface area (Å²) in [6.45, 7) is 0. The highest BCUT2D eigenvalue weighted by atomic mass is 79.9. The molecule has 0 aliphatic carbocycles. The van der Waals surface area contributed by atoms with Crippen molar-refractivity contribution in [1.29, 1.82) is 5.26 Å². The molecular weight excluding hydrogens is 348 g/mol. The van der Waals surface area contributed by atoms with Gasteiger partial charge in [-0.1, -0.05) is 27.5 Å². The number of hydrogen-bond acceptors (Lipinski definition) is 4. The number of nitro groups is 1. The van der Waals surface area contributed by atoms with Gasteiger partial charge in [-0.05, 0) is 24.3 Å². The van der Waals surface area contributed by atoms with E-state index in [0.29, 0.717) is 5.56 Å². The van der Waals surface area contributed by atoms with E-state index in [0.717, 1.165) is 4.47 Å². The number of ether oxygens (including phenoxy) is 1. The van der Waals surface area contributed by atoms with Gasteiger partial charge in [0, 0.05) is 10.5 Å². The van der Waals surface area contributed by atoms with Crippen LogP contribution in [0.2, 0.25) is 5.02 Å². The Labute approximate surface area is 127 Å². The highest BCUT2D eigenvalue weighted by Gasteiger charge is 2.13. The number of halogens is 2. The van der Waals surface area contributed by atoms with Crippen molar-refractivity contribution in [2.24, 2.45) is 0 Å². The number of benzene rings is 2. The van der Waals surface area contributed by atoms with Crippen molar-refractivity contribution in [1.82, 2.24) is 0 Å². The van der Waals surface area contributed by atoms with Crippen LogP contribution in [-0.2, 0) is 0 Å². The van der Waals surface area contributed by atoms with Gasteiger partial charge in [0.05, 0.1) is 21.6 Å². The van der Waals surface area contributed by atoms with Crippen LogP contribution in [-0.4, -0.2) is 4.92 Å². The molecule has 0 aliphatic heterocycles. The lowest BCUT2D eigenvalue weighted by Gasteiger charge is -2.09. The summed E-state index contributed by atoms with van der Waals surface area (Å²) in [7, 11) is 0. The molecule has 0 spiro atoms. The first-order valence-electron chi connectivity index (χ1n) is 5.32. The number of hydrogen-bond donors (Lipinski definition) is 0. The molecule has 7 heteroatoms. The molecule has 0 fully saturated rings. The third-order valence-electron chi connectivity index (χ3n) is 2.41. The smallest absolute Gasteiger partial charge is 0.273 e. The normalized spacial score (nSPS) is 9.85. The molecule has 20 heavy (non-hydrogen) atoms. The Hall–Kier alpha value is -2.10. The van der Waals surface area contributed by atoms with Crippen LogP contribution in [0.3, 0.4) is 0 Å². The molecule has 0 aromatic heterocycles. The lowest BCUT2D eigenvalue weighted by atomic mass is 10.2. The van der Waals surface area contributed by atoms with E-state index < -0.39 is 4.92 Å². The first kappa shape index (κ1) is 14.3. The zero-order valence-electron chi connectivity index (χ0n) is 9.84. The lowest BCUT2D eigenvalue weighted by Crippen LogP contribution is -1.92. The van der Waals surface area contributed by atoms with Crippen molar-refractivity contribution in [3.63, 3.8) is 0 Å². The molecular formula is C13H6BrClN2O3. The predicted octanol–water partition coefficient (Wildman–Crippen LogP) is 4.67. The second kappa shape index (κ2) is 5.90. The Morgan fingerprint density at radius 3 is 2.65 bits per heavy atom. The van der Waals surface area contributed by atoms with Crippen molar-refractivity contribution in [2.75, 3.05) is 0 Å². The van der Waals surface area contributed by atoms with Gasteiger partial charge in [0.1, 0.15) is 11.8 Å². The fourth-order valence-corrected chi connectivity index (χ4v) is 2.00. The van der Waals surface area contributed by atoms with Gasteiger partial charge in [-0.2, -0.15) is 5.26 Å². The summed E-state index contributed by atoms with van der Waals surface area (Å²) < 4.78 is 6.23. The Morgan fingerprint density at radius 2 is 2.00 bits per heavy atom. The summed E-state index contributed by atoms with van der Waals surface area (Å²) in [6, 6.07) is 10.7. The molecule has 2 aromatic rings. The molecule has 0 aliphatic rings. The number of rotatable bonds is 3. The second-order valence-electron chi connectivity index (χ2n) is 3.73. The summed E-state index contributed by atoms with van der Waals surface area (Å²) >= 11 is 9.18. The Kier molecular flexibility index (Phi) is 4.23. The first-order valence-corrected chi connectivity index (χ1v) is 6.50. The molecule has 100 valence electrons. The van der Waals surface area contributed by atoms with E-state index in [2.05, 4.69) is 15.9 Å². The molecule has 0 saturated carbocycles. The van der Waals surface area contributed by atoms with Crippen LogP contribution in [0.25, 0.3) is 0 Å². The van der Waals surface area contributed by atoms with Gasteiger partial charge in [0.25, 0.3) is 5.69 Å². The van der Waals surface area contributed by atoms with Crippen LogP contribution in [0.4, 0.5) is 5.69 Å². The maximum absolute atomic E-state index is 10.7. The van der Waals surface area contributed by atoms with Gasteiger partial charge in [0.2, 0.25) is 0 Å². The SMILES string of the molecule is N#Cc1cc(Br)ccc1Oc1cc([N+](=O)[O-])ccc1Cl. The van der Waals surface area contributed by atoms with Crippen molar-refractivity contribution >= 4 is 33.2 Å². The molecule has 0 saturated heterocycles. The van der Waals surface area contributed by atoms with E-state index in [4.69, 9.17) is 21.6 Å². The highest BCUT2D eigenvalue weighted by Crippen LogP contribution is 2.34. The fourth-order valence-electron chi connectivity index (χ4n) is 1.48. The van der Waals surface area contributed by atoms with Crippen molar-refractivity contribution in [2.45, 2.75) is 0 Å². The molecule has 5 nitrogen and oxygen atoms in total. The fraction of sp³-hybridized carbons (Fsp3) is 0. The summed E-state index contributed by atoms with van der Waals surface area (Å²) in [6.07, 6.45) is 0. The van der Waals surface area contributed by atoms with Crippen molar-refractivity contribution in [3.05, 3.63) is 61.6 Å². The molecule has 0 bridgehead atoms. The average molecular weight is 354 g/mol. The maximum atomic E-state index is 10.7. The third-order valence-corrected chi connectivity index (χ3v) is 3.21. The van der Waals surface area contributed by atoms with Crippen LogP contribution < -0.4 is 4.74 Å². The quantitative estimate of drug-likeness (QED) is 0.593. The van der Waals surface area contributed by atoms with E-state index in [9.17, 15) is 10.1 Å². The minimum Gasteiger partial charge on any atom is -0.454 e. The number of nitro benzene ring substituents is 1. The summed E-state index contributed by atoms with van der Waals surface area (Å²) in [5.41, 5.74) is 0.155. The van der Waals surface area contributed by atoms with Gasteiger partial charge in [-0.3, -0.25) is 10.1 Å². The minimum absolute atomic E-state index is 0.125. The standard InChI is InChI=1S/C13H6BrClN2O3/c14-9-1-4-12(8(5-9)7-16)20-13-6-10(17(18)19)2-3-11(13)15/h1-6H. The summed E-state index contributed by atoms with van der Waals surface area (Å²) in [5, 5.41) is 20.0. The summed E-state index contributed by atoms with van der Waals surface area (Å²) in [5.74, 6) is 0.401. The third kappa shape index (κ3) is 3.07. The first-order chi connectivity index (χ1) is 9.51. The van der Waals surface area contributed by atoms with Crippen LogP contribution in [0, 0.1) is 21.4 Å². The molecule has 2 aromatic carbocycles. The van der Waals surface area contributed by atoms with Crippen molar-refractivity contribution in [3.8, 4) is 17.6 Å². The monoisotopic (exact) mass is 352 g/mol. The Morgan fingerprint density at radius 1 is 1.25 bits per heavy atom.